The molecular formula is C13H9ClF4N2O2S. The Kier molecular flexibility index (Phi) is 5.23. The number of fused-ring (bicyclic) bond motifs is 1. The molecule has 0 fully saturated rings. The zero-order valence-corrected chi connectivity index (χ0v) is 12.7. The summed E-state index contributed by atoms with van der Waals surface area (Å²) in [6, 6.07) is 3.07. The first-order chi connectivity index (χ1) is 10.8. The van der Waals surface area contributed by atoms with Crippen LogP contribution < -0.4 is 11.3 Å². The van der Waals surface area contributed by atoms with Crippen molar-refractivity contribution in [3.8, 4) is 0 Å². The molecule has 2 unspecified atom stereocenters. The first-order valence-corrected chi connectivity index (χ1v) is 7.62. The van der Waals surface area contributed by atoms with Crippen molar-refractivity contribution in [3.05, 3.63) is 34.5 Å². The summed E-state index contributed by atoms with van der Waals surface area (Å²) in [7, 11) is -2.03. The van der Waals surface area contributed by atoms with Gasteiger partial charge < -0.3 is 0 Å². The lowest BCUT2D eigenvalue weighted by Gasteiger charge is -2.16. The fourth-order valence-electron chi connectivity index (χ4n) is 2.06. The molecule has 10 heteroatoms. The summed E-state index contributed by atoms with van der Waals surface area (Å²) in [5.74, 6) is 3.20. The van der Waals surface area contributed by atoms with E-state index in [-0.39, 0.29) is 21.8 Å². The van der Waals surface area contributed by atoms with E-state index in [0.29, 0.717) is 0 Å². The molecule has 0 saturated carbocycles. The third-order valence-corrected chi connectivity index (χ3v) is 5.94. The predicted octanol–water partition coefficient (Wildman–Crippen LogP) is 2.34. The second-order valence-corrected chi connectivity index (χ2v) is 6.61. The van der Waals surface area contributed by atoms with Gasteiger partial charge in [0.2, 0.25) is 0 Å². The van der Waals surface area contributed by atoms with Crippen molar-refractivity contribution in [2.45, 2.75) is 17.5 Å². The lowest BCUT2D eigenvalue weighted by Crippen LogP contribution is -2.32. The Balaban J connectivity index is 2.89. The number of nitrogens with two attached hydrogens (primary N) is 1. The molecule has 0 aromatic heterocycles. The van der Waals surface area contributed by atoms with E-state index in [0.717, 1.165) is 12.1 Å². The number of hydrazine groups is 1. The number of carbonyl (C=O) groups excluding carboxylic acids is 2. The van der Waals surface area contributed by atoms with Gasteiger partial charge in [0.05, 0.1) is 14.8 Å². The van der Waals surface area contributed by atoms with Gasteiger partial charge in [-0.2, -0.15) is 0 Å². The minimum Gasteiger partial charge on any atom is -0.300 e. The number of hydrogen-bond acceptors (Lipinski definition) is 3. The normalized spacial score (nSPS) is 18.7. The van der Waals surface area contributed by atoms with E-state index in [1.54, 1.807) is 5.43 Å². The smallest absolute Gasteiger partial charge is 0.272 e. The molecule has 4 nitrogen and oxygen atoms in total. The van der Waals surface area contributed by atoms with Crippen LogP contribution >= 0.6 is 22.1 Å². The number of halogens is 5. The van der Waals surface area contributed by atoms with Gasteiger partial charge in [-0.05, 0) is 18.2 Å². The van der Waals surface area contributed by atoms with E-state index in [1.807, 2.05) is 0 Å². The van der Waals surface area contributed by atoms with Gasteiger partial charge in [0.1, 0.15) is 5.82 Å². The maximum absolute atomic E-state index is 13.8. The average molecular weight is 369 g/mol. The molecule has 1 heterocycles. The number of aldehydes is 1. The van der Waals surface area contributed by atoms with Crippen LogP contribution in [-0.4, -0.2) is 29.7 Å². The van der Waals surface area contributed by atoms with Crippen LogP contribution in [0.3, 0.4) is 0 Å². The van der Waals surface area contributed by atoms with E-state index in [4.69, 9.17) is 17.4 Å². The van der Waals surface area contributed by atoms with Crippen molar-refractivity contribution in [2.75, 3.05) is 0 Å². The summed E-state index contributed by atoms with van der Waals surface area (Å²) in [6.07, 6.45) is -6.33. The van der Waals surface area contributed by atoms with Gasteiger partial charge >= 0.3 is 0 Å². The van der Waals surface area contributed by atoms with E-state index in [2.05, 4.69) is 0 Å². The van der Waals surface area contributed by atoms with Gasteiger partial charge in [0.25, 0.3) is 12.3 Å². The second kappa shape index (κ2) is 6.81. The fourth-order valence-corrected chi connectivity index (χ4v) is 4.92. The van der Waals surface area contributed by atoms with Gasteiger partial charge in [-0.1, -0.05) is 11.6 Å². The lowest BCUT2D eigenvalue weighted by molar-refractivity contribution is -0.116. The fraction of sp³-hybridized carbons (Fsp3) is 0.154. The Labute approximate surface area is 135 Å². The number of nitrogens with one attached hydrogen (secondary N) is 1. The first-order valence-electron chi connectivity index (χ1n) is 6.02. The molecule has 1 aliphatic heterocycles. The van der Waals surface area contributed by atoms with Crippen molar-refractivity contribution in [2.24, 2.45) is 5.84 Å². The van der Waals surface area contributed by atoms with Crippen LogP contribution in [0.25, 0.3) is 5.03 Å². The van der Waals surface area contributed by atoms with Gasteiger partial charge in [-0.3, -0.25) is 15.0 Å². The van der Waals surface area contributed by atoms with Crippen LogP contribution in [0, 0.1) is 5.82 Å². The largest absolute Gasteiger partial charge is 0.300 e. The molecule has 124 valence electrons. The summed E-state index contributed by atoms with van der Waals surface area (Å²) in [6.45, 7) is 0. The standard InChI is InChI=1S/C13H9ClF4N2O2S/c14-9-6-2-1-5(15)3-8(6)23(11(9)13(22)20-19)10(12(17)18)7(16)4-21/h1-4,7,12H,19H2,(H,20,22). The molecular weight excluding hydrogens is 360 g/mol. The third-order valence-electron chi connectivity index (χ3n) is 2.98. The van der Waals surface area contributed by atoms with Crippen molar-refractivity contribution in [1.29, 1.82) is 0 Å². The highest BCUT2D eigenvalue weighted by molar-refractivity contribution is 8.20. The van der Waals surface area contributed by atoms with Crippen molar-refractivity contribution < 1.29 is 27.2 Å². The SMILES string of the molecule is NNC(=O)C1=C(Cl)c2ccc(F)cc2S1=C(C(F)F)C(F)C=O. The lowest BCUT2D eigenvalue weighted by atomic mass is 10.2. The molecule has 1 amide bonds. The molecule has 1 aromatic rings. The summed E-state index contributed by atoms with van der Waals surface area (Å²) in [4.78, 5) is 20.8. The highest BCUT2D eigenvalue weighted by atomic mass is 35.5. The first kappa shape index (κ1) is 17.6. The summed E-state index contributed by atoms with van der Waals surface area (Å²) in [5.41, 5.74) is 1.83. The van der Waals surface area contributed by atoms with E-state index >= 15 is 0 Å². The van der Waals surface area contributed by atoms with E-state index in [9.17, 15) is 27.2 Å². The Hall–Kier alpha value is -1.71. The minimum atomic E-state index is -3.36. The Morgan fingerprint density at radius 3 is 2.52 bits per heavy atom. The maximum atomic E-state index is 13.8. The van der Waals surface area contributed by atoms with Gasteiger partial charge in [0.15, 0.2) is 12.5 Å². The van der Waals surface area contributed by atoms with Crippen LogP contribution in [0.5, 0.6) is 0 Å². The number of alkyl halides is 3. The van der Waals surface area contributed by atoms with Gasteiger partial charge in [-0.25, -0.2) is 23.4 Å². The molecule has 0 aliphatic carbocycles. The molecule has 0 bridgehead atoms. The molecule has 0 radical (unpaired) electrons. The monoisotopic (exact) mass is 368 g/mol. The minimum absolute atomic E-state index is 0.103. The molecule has 2 rings (SSSR count). The number of benzene rings is 1. The number of rotatable bonds is 4. The topological polar surface area (TPSA) is 72.2 Å². The maximum Gasteiger partial charge on any atom is 0.272 e. The van der Waals surface area contributed by atoms with Crippen molar-refractivity contribution in [1.82, 2.24) is 5.43 Å². The van der Waals surface area contributed by atoms with Crippen LogP contribution in [-0.2, 0) is 9.59 Å². The Morgan fingerprint density at radius 2 is 2.00 bits per heavy atom. The molecule has 1 aromatic carbocycles. The van der Waals surface area contributed by atoms with Crippen LogP contribution in [0.2, 0.25) is 0 Å². The van der Waals surface area contributed by atoms with Gasteiger partial charge in [0, 0.05) is 10.5 Å². The number of carbonyl (C=O) groups is 2. The van der Waals surface area contributed by atoms with Crippen LogP contribution in [0.4, 0.5) is 17.6 Å². The average Bonchev–Trinajstić information content (AvgIpc) is 2.78. The Bertz CT molecular complexity index is 751. The molecule has 0 saturated heterocycles. The van der Waals surface area contributed by atoms with Gasteiger partial charge in [-0.15, -0.1) is 10.5 Å². The zero-order chi connectivity index (χ0) is 17.3. The number of amides is 1. The second-order valence-electron chi connectivity index (χ2n) is 4.30. The Morgan fingerprint density at radius 1 is 1.35 bits per heavy atom. The van der Waals surface area contributed by atoms with E-state index < -0.39 is 44.6 Å². The summed E-state index contributed by atoms with van der Waals surface area (Å²) < 4.78 is 53.8. The third kappa shape index (κ3) is 3.04. The summed E-state index contributed by atoms with van der Waals surface area (Å²) in [5, 5.41) is -0.248. The van der Waals surface area contributed by atoms with Crippen LogP contribution in [0.15, 0.2) is 28.0 Å². The number of hydrogen-bond donors (Lipinski definition) is 2. The highest BCUT2D eigenvalue weighted by Gasteiger charge is 2.36. The molecule has 2 atom stereocenters. The van der Waals surface area contributed by atoms with E-state index in [1.165, 1.54) is 6.07 Å². The molecule has 0 spiro atoms. The van der Waals surface area contributed by atoms with Crippen LogP contribution in [0.1, 0.15) is 5.56 Å². The zero-order valence-electron chi connectivity index (χ0n) is 11.2. The highest BCUT2D eigenvalue weighted by Crippen LogP contribution is 2.53. The molecule has 1 aliphatic rings. The predicted molar refractivity (Wildman–Crippen MR) is 79.3 cm³/mol. The quantitative estimate of drug-likeness (QED) is 0.214. The summed E-state index contributed by atoms with van der Waals surface area (Å²) >= 11 is 6.00. The molecule has 3 N–H and O–H groups in total. The molecule has 23 heavy (non-hydrogen) atoms. The van der Waals surface area contributed by atoms with Crippen molar-refractivity contribution in [3.63, 3.8) is 0 Å². The van der Waals surface area contributed by atoms with Crippen molar-refractivity contribution >= 4 is 44.2 Å².